The molecule has 4 nitrogen and oxygen atoms in total. The van der Waals surface area contributed by atoms with E-state index in [-0.39, 0.29) is 6.10 Å². The number of isocyanates is 1. The molecular weight excluding hydrogens is 346 g/mol. The summed E-state index contributed by atoms with van der Waals surface area (Å²) in [6.45, 7) is 0. The highest BCUT2D eigenvalue weighted by Crippen LogP contribution is 2.50. The summed E-state index contributed by atoms with van der Waals surface area (Å²) < 4.78 is 12.5. The largest absolute Gasteiger partial charge is 0.493 e. The SMILES string of the molecule is COc1cc(C2(N=C=O)CCC2)c(Br)cc1OC1CCCC1. The third kappa shape index (κ3) is 2.80. The molecule has 0 saturated heterocycles. The molecule has 3 rings (SSSR count). The van der Waals surface area contributed by atoms with Gasteiger partial charge in [0.25, 0.3) is 0 Å². The Hall–Kier alpha value is -1.32. The summed E-state index contributed by atoms with van der Waals surface area (Å²) in [5, 5.41) is 0. The lowest BCUT2D eigenvalue weighted by Gasteiger charge is -2.38. The lowest BCUT2D eigenvalue weighted by Crippen LogP contribution is -2.32. The summed E-state index contributed by atoms with van der Waals surface area (Å²) in [5.74, 6) is 1.46. The van der Waals surface area contributed by atoms with E-state index in [1.165, 1.54) is 12.8 Å². The molecule has 2 aliphatic rings. The molecule has 1 aromatic rings. The number of hydrogen-bond donors (Lipinski definition) is 0. The topological polar surface area (TPSA) is 47.9 Å². The predicted octanol–water partition coefficient (Wildman–Crippen LogP) is 4.49. The van der Waals surface area contributed by atoms with Crippen molar-refractivity contribution in [3.05, 3.63) is 22.2 Å². The van der Waals surface area contributed by atoms with Crippen LogP contribution in [0.25, 0.3) is 0 Å². The van der Waals surface area contributed by atoms with E-state index in [4.69, 9.17) is 9.47 Å². The standard InChI is InChI=1S/C17H20BrNO3/c1-21-15-9-13(17(19-11-20)7-4-8-17)14(18)10-16(15)22-12-5-2-3-6-12/h9-10,12H,2-8H2,1H3. The van der Waals surface area contributed by atoms with Crippen LogP contribution in [-0.2, 0) is 10.3 Å². The fourth-order valence-electron chi connectivity index (χ4n) is 3.37. The number of hydrogen-bond acceptors (Lipinski definition) is 4. The van der Waals surface area contributed by atoms with Gasteiger partial charge in [-0.3, -0.25) is 0 Å². The van der Waals surface area contributed by atoms with Crippen LogP contribution < -0.4 is 9.47 Å². The third-order valence-corrected chi connectivity index (χ3v) is 5.45. The first-order valence-electron chi connectivity index (χ1n) is 7.82. The Morgan fingerprint density at radius 2 is 1.95 bits per heavy atom. The van der Waals surface area contributed by atoms with Gasteiger partial charge in [-0.15, -0.1) is 0 Å². The minimum absolute atomic E-state index is 0.275. The van der Waals surface area contributed by atoms with Crippen molar-refractivity contribution < 1.29 is 14.3 Å². The van der Waals surface area contributed by atoms with Crippen molar-refractivity contribution in [3.8, 4) is 11.5 Å². The first-order chi connectivity index (χ1) is 10.7. The second-order valence-electron chi connectivity index (χ2n) is 6.10. The van der Waals surface area contributed by atoms with Crippen molar-refractivity contribution >= 4 is 22.0 Å². The number of ether oxygens (including phenoxy) is 2. The fourth-order valence-corrected chi connectivity index (χ4v) is 4.06. The maximum atomic E-state index is 10.8. The first-order valence-corrected chi connectivity index (χ1v) is 8.61. The van der Waals surface area contributed by atoms with Gasteiger partial charge in [0.15, 0.2) is 11.5 Å². The highest BCUT2D eigenvalue weighted by Gasteiger charge is 2.41. The fraction of sp³-hybridized carbons (Fsp3) is 0.588. The highest BCUT2D eigenvalue weighted by molar-refractivity contribution is 9.10. The zero-order valence-electron chi connectivity index (χ0n) is 12.7. The van der Waals surface area contributed by atoms with Crippen molar-refractivity contribution in [3.63, 3.8) is 0 Å². The summed E-state index contributed by atoms with van der Waals surface area (Å²) in [6.07, 6.45) is 9.46. The van der Waals surface area contributed by atoms with Crippen LogP contribution in [0.1, 0.15) is 50.5 Å². The molecule has 0 atom stereocenters. The van der Waals surface area contributed by atoms with Gasteiger partial charge >= 0.3 is 0 Å². The molecule has 2 saturated carbocycles. The maximum Gasteiger partial charge on any atom is 0.235 e. The molecule has 5 heteroatoms. The molecule has 0 aliphatic heterocycles. The van der Waals surface area contributed by atoms with Crippen molar-refractivity contribution in [2.24, 2.45) is 4.99 Å². The van der Waals surface area contributed by atoms with Crippen molar-refractivity contribution in [2.75, 3.05) is 7.11 Å². The van der Waals surface area contributed by atoms with Crippen molar-refractivity contribution in [1.29, 1.82) is 0 Å². The van der Waals surface area contributed by atoms with Gasteiger partial charge in [-0.1, -0.05) is 15.9 Å². The summed E-state index contributed by atoms with van der Waals surface area (Å²) in [6, 6.07) is 3.90. The number of aliphatic imine (C=N–C) groups is 1. The van der Waals surface area contributed by atoms with E-state index in [0.717, 1.165) is 47.9 Å². The summed E-state index contributed by atoms with van der Waals surface area (Å²) >= 11 is 3.62. The zero-order valence-corrected chi connectivity index (χ0v) is 14.3. The van der Waals surface area contributed by atoms with Gasteiger partial charge in [0.2, 0.25) is 6.08 Å². The van der Waals surface area contributed by atoms with Crippen LogP contribution in [0.4, 0.5) is 0 Å². The van der Waals surface area contributed by atoms with Crippen LogP contribution in [0, 0.1) is 0 Å². The molecule has 2 aliphatic carbocycles. The molecule has 0 N–H and O–H groups in total. The average Bonchev–Trinajstić information content (AvgIpc) is 2.97. The minimum Gasteiger partial charge on any atom is -0.493 e. The van der Waals surface area contributed by atoms with Gasteiger partial charge in [-0.2, -0.15) is 4.99 Å². The van der Waals surface area contributed by atoms with Crippen LogP contribution in [-0.4, -0.2) is 19.3 Å². The average molecular weight is 366 g/mol. The van der Waals surface area contributed by atoms with Gasteiger partial charge in [-0.05, 0) is 62.6 Å². The number of benzene rings is 1. The third-order valence-electron chi connectivity index (χ3n) is 4.79. The second kappa shape index (κ2) is 6.43. The lowest BCUT2D eigenvalue weighted by molar-refractivity contribution is 0.199. The van der Waals surface area contributed by atoms with Crippen molar-refractivity contribution in [1.82, 2.24) is 0 Å². The summed E-state index contributed by atoms with van der Waals surface area (Å²) in [7, 11) is 1.64. The number of nitrogens with zero attached hydrogens (tertiary/aromatic N) is 1. The van der Waals surface area contributed by atoms with Crippen LogP contribution in [0.2, 0.25) is 0 Å². The molecule has 1 aromatic carbocycles. The highest BCUT2D eigenvalue weighted by atomic mass is 79.9. The Labute approximate surface area is 139 Å². The molecule has 0 amide bonds. The van der Waals surface area contributed by atoms with E-state index in [2.05, 4.69) is 20.9 Å². The van der Waals surface area contributed by atoms with Gasteiger partial charge in [0, 0.05) is 4.47 Å². The lowest BCUT2D eigenvalue weighted by atomic mass is 9.72. The van der Waals surface area contributed by atoms with E-state index in [1.54, 1.807) is 13.2 Å². The number of rotatable bonds is 5. The normalized spacial score (nSPS) is 20.1. The van der Waals surface area contributed by atoms with E-state index >= 15 is 0 Å². The van der Waals surface area contributed by atoms with Gasteiger partial charge < -0.3 is 9.47 Å². The maximum absolute atomic E-state index is 10.8. The van der Waals surface area contributed by atoms with Gasteiger partial charge in [0.05, 0.1) is 18.8 Å². The molecule has 2 fully saturated rings. The Morgan fingerprint density at radius 1 is 1.23 bits per heavy atom. The summed E-state index contributed by atoms with van der Waals surface area (Å²) in [4.78, 5) is 14.9. The first kappa shape index (κ1) is 15.6. The monoisotopic (exact) mass is 365 g/mol. The van der Waals surface area contributed by atoms with E-state index in [1.807, 2.05) is 12.1 Å². The van der Waals surface area contributed by atoms with Gasteiger partial charge in [0.1, 0.15) is 0 Å². The zero-order chi connectivity index (χ0) is 15.6. The molecule has 0 bridgehead atoms. The Kier molecular flexibility index (Phi) is 4.55. The van der Waals surface area contributed by atoms with E-state index in [9.17, 15) is 4.79 Å². The minimum atomic E-state index is -0.445. The smallest absolute Gasteiger partial charge is 0.235 e. The number of methoxy groups -OCH3 is 1. The van der Waals surface area contributed by atoms with Crippen molar-refractivity contribution in [2.45, 2.75) is 56.6 Å². The number of halogens is 1. The number of carbonyl (C=O) groups excluding carboxylic acids is 1. The van der Waals surface area contributed by atoms with Crippen LogP contribution in [0.5, 0.6) is 11.5 Å². The van der Waals surface area contributed by atoms with E-state index < -0.39 is 5.54 Å². The molecule has 0 unspecified atom stereocenters. The Morgan fingerprint density at radius 3 is 2.50 bits per heavy atom. The molecule has 118 valence electrons. The van der Waals surface area contributed by atoms with Crippen LogP contribution in [0.15, 0.2) is 21.6 Å². The van der Waals surface area contributed by atoms with E-state index in [0.29, 0.717) is 5.75 Å². The molecule has 0 aromatic heterocycles. The molecular formula is C17H20BrNO3. The quantitative estimate of drug-likeness (QED) is 0.570. The van der Waals surface area contributed by atoms with Crippen LogP contribution in [0.3, 0.4) is 0 Å². The molecule has 0 heterocycles. The second-order valence-corrected chi connectivity index (χ2v) is 6.95. The Bertz CT molecular complexity index is 600. The Balaban J connectivity index is 1.94. The molecule has 0 radical (unpaired) electrons. The predicted molar refractivity (Wildman–Crippen MR) is 87.2 cm³/mol. The molecule has 22 heavy (non-hydrogen) atoms. The molecule has 0 spiro atoms. The summed E-state index contributed by atoms with van der Waals surface area (Å²) in [5.41, 5.74) is 0.539. The van der Waals surface area contributed by atoms with Crippen LogP contribution >= 0.6 is 15.9 Å². The van der Waals surface area contributed by atoms with Gasteiger partial charge in [-0.25, -0.2) is 4.79 Å².